The second kappa shape index (κ2) is 5.41. The van der Waals surface area contributed by atoms with Crippen LogP contribution in [0.3, 0.4) is 0 Å². The quantitative estimate of drug-likeness (QED) is 0.903. The Morgan fingerprint density at radius 3 is 2.84 bits per heavy atom. The van der Waals surface area contributed by atoms with Gasteiger partial charge in [0.25, 0.3) is 0 Å². The van der Waals surface area contributed by atoms with Gasteiger partial charge in [-0.15, -0.1) is 0 Å². The highest BCUT2D eigenvalue weighted by molar-refractivity contribution is 5.31. The summed E-state index contributed by atoms with van der Waals surface area (Å²) >= 11 is 0. The highest BCUT2D eigenvalue weighted by Gasteiger charge is 2.40. The molecule has 2 aliphatic rings. The van der Waals surface area contributed by atoms with E-state index >= 15 is 0 Å². The van der Waals surface area contributed by atoms with Crippen LogP contribution in [-0.4, -0.2) is 23.4 Å². The van der Waals surface area contributed by atoms with E-state index in [-0.39, 0.29) is 17.5 Å². The molecule has 1 aromatic rings. The Bertz CT molecular complexity index is 424. The molecule has 1 unspecified atom stereocenters. The number of rotatable bonds is 3. The molecule has 0 aromatic heterocycles. The second-order valence-corrected chi connectivity index (χ2v) is 5.83. The van der Waals surface area contributed by atoms with Gasteiger partial charge < -0.3 is 14.6 Å². The lowest BCUT2D eigenvalue weighted by Gasteiger charge is -2.33. The Kier molecular flexibility index (Phi) is 3.65. The molecule has 1 aliphatic carbocycles. The van der Waals surface area contributed by atoms with E-state index in [1.54, 1.807) is 18.2 Å². The van der Waals surface area contributed by atoms with Crippen LogP contribution in [0.2, 0.25) is 0 Å². The van der Waals surface area contributed by atoms with Crippen molar-refractivity contribution in [3.63, 3.8) is 0 Å². The standard InChI is InChI=1S/C16H22O3/c17-13-5-4-6-14(11-13)18-12-15-7-10-16(19-15)8-2-1-3-9-16/h4-6,11,15,17H,1-3,7-10,12H2. The molecule has 1 heterocycles. The molecule has 1 saturated carbocycles. The van der Waals surface area contributed by atoms with Crippen molar-refractivity contribution in [1.29, 1.82) is 0 Å². The summed E-state index contributed by atoms with van der Waals surface area (Å²) in [6, 6.07) is 6.95. The first-order chi connectivity index (χ1) is 9.26. The maximum Gasteiger partial charge on any atom is 0.123 e. The molecule has 3 rings (SSSR count). The van der Waals surface area contributed by atoms with Crippen molar-refractivity contribution in [3.05, 3.63) is 24.3 Å². The number of phenols is 1. The van der Waals surface area contributed by atoms with Gasteiger partial charge in [0.15, 0.2) is 0 Å². The molecule has 0 radical (unpaired) electrons. The zero-order valence-corrected chi connectivity index (χ0v) is 11.3. The van der Waals surface area contributed by atoms with Gasteiger partial charge in [-0.1, -0.05) is 25.3 Å². The lowest BCUT2D eigenvalue weighted by Crippen LogP contribution is -2.32. The zero-order chi connectivity index (χ0) is 13.1. The van der Waals surface area contributed by atoms with Crippen molar-refractivity contribution in [1.82, 2.24) is 0 Å². The Morgan fingerprint density at radius 1 is 1.21 bits per heavy atom. The predicted molar refractivity (Wildman–Crippen MR) is 73.5 cm³/mol. The summed E-state index contributed by atoms with van der Waals surface area (Å²) in [7, 11) is 0. The molecule has 104 valence electrons. The van der Waals surface area contributed by atoms with E-state index in [2.05, 4.69) is 0 Å². The minimum Gasteiger partial charge on any atom is -0.508 e. The van der Waals surface area contributed by atoms with Crippen LogP contribution in [0.5, 0.6) is 11.5 Å². The van der Waals surface area contributed by atoms with Gasteiger partial charge in [-0.3, -0.25) is 0 Å². The Balaban J connectivity index is 1.52. The van der Waals surface area contributed by atoms with Crippen molar-refractivity contribution in [2.45, 2.75) is 56.7 Å². The summed E-state index contributed by atoms with van der Waals surface area (Å²) in [5, 5.41) is 9.39. The fourth-order valence-corrected chi connectivity index (χ4v) is 3.34. The molecule has 1 atom stereocenters. The first kappa shape index (κ1) is 12.8. The first-order valence-corrected chi connectivity index (χ1v) is 7.35. The van der Waals surface area contributed by atoms with E-state index in [1.165, 1.54) is 38.5 Å². The van der Waals surface area contributed by atoms with Crippen LogP contribution in [0.4, 0.5) is 0 Å². The minimum atomic E-state index is 0.158. The van der Waals surface area contributed by atoms with Crippen LogP contribution in [0.15, 0.2) is 24.3 Å². The monoisotopic (exact) mass is 262 g/mol. The highest BCUT2D eigenvalue weighted by atomic mass is 16.6. The SMILES string of the molecule is Oc1cccc(OCC2CCC3(CCCCC3)O2)c1. The molecule has 2 fully saturated rings. The Labute approximate surface area is 114 Å². The Morgan fingerprint density at radius 2 is 2.05 bits per heavy atom. The number of hydrogen-bond acceptors (Lipinski definition) is 3. The summed E-state index contributed by atoms with van der Waals surface area (Å²) in [5.74, 6) is 0.960. The van der Waals surface area contributed by atoms with Gasteiger partial charge in [0.05, 0.1) is 11.7 Å². The molecule has 1 aromatic carbocycles. The number of hydrogen-bond donors (Lipinski definition) is 1. The average Bonchev–Trinajstić information content (AvgIpc) is 2.80. The predicted octanol–water partition coefficient (Wildman–Crippen LogP) is 3.65. The van der Waals surface area contributed by atoms with E-state index in [4.69, 9.17) is 9.47 Å². The van der Waals surface area contributed by atoms with E-state index in [0.29, 0.717) is 12.4 Å². The lowest BCUT2D eigenvalue weighted by atomic mass is 9.83. The van der Waals surface area contributed by atoms with E-state index < -0.39 is 0 Å². The normalized spacial score (nSPS) is 25.6. The molecule has 1 saturated heterocycles. The van der Waals surface area contributed by atoms with E-state index in [0.717, 1.165) is 6.42 Å². The molecular formula is C16H22O3. The zero-order valence-electron chi connectivity index (χ0n) is 11.3. The van der Waals surface area contributed by atoms with Crippen LogP contribution >= 0.6 is 0 Å². The average molecular weight is 262 g/mol. The van der Waals surface area contributed by atoms with Gasteiger partial charge in [-0.05, 0) is 37.8 Å². The maximum atomic E-state index is 9.39. The summed E-state index contributed by atoms with van der Waals surface area (Å²) in [6.45, 7) is 0.588. The second-order valence-electron chi connectivity index (χ2n) is 5.83. The maximum absolute atomic E-state index is 9.39. The molecule has 3 heteroatoms. The summed E-state index contributed by atoms with van der Waals surface area (Å²) in [5.41, 5.74) is 0.158. The topological polar surface area (TPSA) is 38.7 Å². The summed E-state index contributed by atoms with van der Waals surface area (Å²) in [4.78, 5) is 0. The van der Waals surface area contributed by atoms with Gasteiger partial charge in [0.2, 0.25) is 0 Å². The number of ether oxygens (including phenoxy) is 2. The molecule has 1 N–H and O–H groups in total. The van der Waals surface area contributed by atoms with Gasteiger partial charge in [-0.2, -0.15) is 0 Å². The van der Waals surface area contributed by atoms with Crippen LogP contribution in [-0.2, 0) is 4.74 Å². The van der Waals surface area contributed by atoms with Crippen molar-refractivity contribution in [3.8, 4) is 11.5 Å². The molecule has 1 spiro atoms. The molecular weight excluding hydrogens is 240 g/mol. The third-order valence-corrected chi connectivity index (χ3v) is 4.36. The van der Waals surface area contributed by atoms with Crippen LogP contribution in [0.25, 0.3) is 0 Å². The van der Waals surface area contributed by atoms with Gasteiger partial charge >= 0.3 is 0 Å². The number of phenolic OH excluding ortho intramolecular Hbond substituents is 1. The third-order valence-electron chi connectivity index (χ3n) is 4.36. The van der Waals surface area contributed by atoms with Gasteiger partial charge in [-0.25, -0.2) is 0 Å². The van der Waals surface area contributed by atoms with Crippen LogP contribution in [0.1, 0.15) is 44.9 Å². The minimum absolute atomic E-state index is 0.158. The van der Waals surface area contributed by atoms with Gasteiger partial charge in [0.1, 0.15) is 18.1 Å². The third kappa shape index (κ3) is 3.03. The van der Waals surface area contributed by atoms with Gasteiger partial charge in [0, 0.05) is 6.07 Å². The van der Waals surface area contributed by atoms with Crippen LogP contribution < -0.4 is 4.74 Å². The fourth-order valence-electron chi connectivity index (χ4n) is 3.34. The molecule has 3 nitrogen and oxygen atoms in total. The largest absolute Gasteiger partial charge is 0.508 e. The van der Waals surface area contributed by atoms with Crippen molar-refractivity contribution >= 4 is 0 Å². The summed E-state index contributed by atoms with van der Waals surface area (Å²) < 4.78 is 12.0. The fraction of sp³-hybridized carbons (Fsp3) is 0.625. The van der Waals surface area contributed by atoms with E-state index in [1.807, 2.05) is 6.07 Å². The number of benzene rings is 1. The highest BCUT2D eigenvalue weighted by Crippen LogP contribution is 2.41. The smallest absolute Gasteiger partial charge is 0.123 e. The lowest BCUT2D eigenvalue weighted by molar-refractivity contribution is -0.0748. The first-order valence-electron chi connectivity index (χ1n) is 7.35. The van der Waals surface area contributed by atoms with Crippen molar-refractivity contribution < 1.29 is 14.6 Å². The molecule has 0 amide bonds. The number of aromatic hydroxyl groups is 1. The van der Waals surface area contributed by atoms with Crippen molar-refractivity contribution in [2.24, 2.45) is 0 Å². The van der Waals surface area contributed by atoms with E-state index in [9.17, 15) is 5.11 Å². The Hall–Kier alpha value is -1.22. The molecule has 19 heavy (non-hydrogen) atoms. The molecule has 0 bridgehead atoms. The van der Waals surface area contributed by atoms with Crippen LogP contribution in [0, 0.1) is 0 Å². The summed E-state index contributed by atoms with van der Waals surface area (Å²) in [6.07, 6.45) is 8.89. The van der Waals surface area contributed by atoms with Crippen molar-refractivity contribution in [2.75, 3.05) is 6.61 Å². The molecule has 1 aliphatic heterocycles.